The Labute approximate surface area is 70.5 Å². The molecule has 0 aromatic carbocycles. The summed E-state index contributed by atoms with van der Waals surface area (Å²) in [6.45, 7) is 5.17. The first-order chi connectivity index (χ1) is 5.20. The van der Waals surface area contributed by atoms with Gasteiger partial charge in [-0.2, -0.15) is 0 Å². The zero-order valence-electron chi connectivity index (χ0n) is 8.39. The van der Waals surface area contributed by atoms with Crippen LogP contribution in [0.25, 0.3) is 0 Å². The smallest absolute Gasteiger partial charge is 0.0307 e. The van der Waals surface area contributed by atoms with Gasteiger partial charge in [-0.25, -0.2) is 0 Å². The molecule has 11 heavy (non-hydrogen) atoms. The summed E-state index contributed by atoms with van der Waals surface area (Å²) in [6, 6.07) is 0. The van der Waals surface area contributed by atoms with Gasteiger partial charge in [0.15, 0.2) is 0 Å². The van der Waals surface area contributed by atoms with Crippen molar-refractivity contribution in [2.75, 3.05) is 27.7 Å². The molecule has 2 nitrogen and oxygen atoms in total. The van der Waals surface area contributed by atoms with E-state index in [1.165, 1.54) is 18.7 Å². The molecule has 0 amide bonds. The normalized spacial score (nSPS) is 15.4. The minimum Gasteiger partial charge on any atom is -0.380 e. The van der Waals surface area contributed by atoms with E-state index in [2.05, 4.69) is 37.1 Å². The van der Waals surface area contributed by atoms with E-state index in [9.17, 15) is 0 Å². The maximum atomic E-state index is 2.22. The Kier molecular flexibility index (Phi) is 4.75. The average Bonchev–Trinajstić information content (AvgIpc) is 2.40. The van der Waals surface area contributed by atoms with Crippen LogP contribution < -0.4 is 0 Å². The fraction of sp³-hybridized carbons (Fsp3) is 0.778. The quantitative estimate of drug-likeness (QED) is 0.570. The van der Waals surface area contributed by atoms with Crippen molar-refractivity contribution in [2.45, 2.75) is 20.3 Å². The van der Waals surface area contributed by atoms with Gasteiger partial charge in [-0.05, 0) is 0 Å². The molecule has 0 fully saturated rings. The monoisotopic (exact) mass is 156 g/mol. The van der Waals surface area contributed by atoms with Gasteiger partial charge in [0.05, 0.1) is 0 Å². The first-order valence-corrected chi connectivity index (χ1v) is 4.28. The first kappa shape index (κ1) is 10.3. The lowest BCUT2D eigenvalue weighted by Gasteiger charge is -2.11. The Morgan fingerprint density at radius 3 is 2.09 bits per heavy atom. The number of nitrogens with zero attached hydrogens (tertiary/aromatic N) is 2. The summed E-state index contributed by atoms with van der Waals surface area (Å²) >= 11 is 0. The van der Waals surface area contributed by atoms with Gasteiger partial charge in [0, 0.05) is 46.0 Å². The van der Waals surface area contributed by atoms with Crippen molar-refractivity contribution in [1.82, 2.24) is 9.80 Å². The number of hydrogen-bond acceptors (Lipinski definition) is 2. The maximum Gasteiger partial charge on any atom is 0.0307 e. The summed E-state index contributed by atoms with van der Waals surface area (Å²) in [6.07, 6.45) is 3.39. The highest BCUT2D eigenvalue weighted by molar-refractivity contribution is 5.04. The fourth-order valence-corrected chi connectivity index (χ4v) is 1.01. The van der Waals surface area contributed by atoms with Crippen LogP contribution in [0.15, 0.2) is 11.9 Å². The molecule has 1 heterocycles. The van der Waals surface area contributed by atoms with Crippen LogP contribution in [0, 0.1) is 0 Å². The van der Waals surface area contributed by atoms with Crippen molar-refractivity contribution in [2.24, 2.45) is 0 Å². The molecule has 0 aromatic rings. The molecule has 0 spiro atoms. The Morgan fingerprint density at radius 1 is 1.36 bits per heavy atom. The Bertz CT molecular complexity index is 128. The Morgan fingerprint density at radius 2 is 1.91 bits per heavy atom. The van der Waals surface area contributed by atoms with Gasteiger partial charge in [-0.1, -0.05) is 13.8 Å². The minimum absolute atomic E-state index is 1.17. The SMILES string of the molecule is CC.CN1C=C(N(C)C)CC1. The van der Waals surface area contributed by atoms with Crippen LogP contribution in [-0.4, -0.2) is 37.5 Å². The predicted molar refractivity (Wildman–Crippen MR) is 50.4 cm³/mol. The molecule has 1 rings (SSSR count). The van der Waals surface area contributed by atoms with E-state index in [0.29, 0.717) is 0 Å². The molecule has 0 saturated heterocycles. The third-order valence-corrected chi connectivity index (χ3v) is 1.66. The molecule has 0 aliphatic carbocycles. The summed E-state index contributed by atoms with van der Waals surface area (Å²) in [5, 5.41) is 0. The second-order valence-corrected chi connectivity index (χ2v) is 2.75. The largest absolute Gasteiger partial charge is 0.380 e. The molecular weight excluding hydrogens is 136 g/mol. The van der Waals surface area contributed by atoms with Crippen molar-refractivity contribution in [3.8, 4) is 0 Å². The topological polar surface area (TPSA) is 6.48 Å². The summed E-state index contributed by atoms with van der Waals surface area (Å²) in [4.78, 5) is 4.39. The molecule has 0 bridgehead atoms. The van der Waals surface area contributed by atoms with Crippen LogP contribution in [0.2, 0.25) is 0 Å². The molecule has 0 unspecified atom stereocenters. The van der Waals surface area contributed by atoms with Gasteiger partial charge in [0.2, 0.25) is 0 Å². The molecule has 0 aromatic heterocycles. The highest BCUT2D eigenvalue weighted by Gasteiger charge is 2.08. The molecule has 1 aliphatic rings. The summed E-state index contributed by atoms with van der Waals surface area (Å²) in [5.41, 5.74) is 1.43. The summed E-state index contributed by atoms with van der Waals surface area (Å²) in [5.74, 6) is 0. The van der Waals surface area contributed by atoms with Crippen LogP contribution in [0.3, 0.4) is 0 Å². The van der Waals surface area contributed by atoms with Crippen LogP contribution in [0.5, 0.6) is 0 Å². The Balaban J connectivity index is 0.000000461. The fourth-order valence-electron chi connectivity index (χ4n) is 1.01. The third kappa shape index (κ3) is 3.30. The van der Waals surface area contributed by atoms with Gasteiger partial charge in [-0.15, -0.1) is 0 Å². The van der Waals surface area contributed by atoms with E-state index in [0.717, 1.165) is 0 Å². The minimum atomic E-state index is 1.17. The molecule has 0 saturated carbocycles. The molecule has 0 N–H and O–H groups in total. The summed E-state index contributed by atoms with van der Waals surface area (Å²) in [7, 11) is 6.28. The van der Waals surface area contributed by atoms with Gasteiger partial charge in [-0.3, -0.25) is 0 Å². The second-order valence-electron chi connectivity index (χ2n) is 2.75. The molecule has 1 aliphatic heterocycles. The van der Waals surface area contributed by atoms with Crippen LogP contribution >= 0.6 is 0 Å². The van der Waals surface area contributed by atoms with Crippen molar-refractivity contribution in [3.63, 3.8) is 0 Å². The van der Waals surface area contributed by atoms with Gasteiger partial charge >= 0.3 is 0 Å². The first-order valence-electron chi connectivity index (χ1n) is 4.28. The van der Waals surface area contributed by atoms with Crippen molar-refractivity contribution >= 4 is 0 Å². The molecule has 66 valence electrons. The number of rotatable bonds is 1. The molecule has 2 heteroatoms. The second kappa shape index (κ2) is 5.05. The predicted octanol–water partition coefficient (Wildman–Crippen LogP) is 1.75. The van der Waals surface area contributed by atoms with Gasteiger partial charge < -0.3 is 9.80 Å². The molecular formula is C9H20N2. The number of hydrogen-bond donors (Lipinski definition) is 0. The van der Waals surface area contributed by atoms with Crippen LogP contribution in [0.4, 0.5) is 0 Å². The highest BCUT2D eigenvalue weighted by Crippen LogP contribution is 2.12. The highest BCUT2D eigenvalue weighted by atomic mass is 15.2. The molecule has 0 radical (unpaired) electrons. The van der Waals surface area contributed by atoms with E-state index in [-0.39, 0.29) is 0 Å². The lowest BCUT2D eigenvalue weighted by molar-refractivity contribution is 0.486. The van der Waals surface area contributed by atoms with Crippen molar-refractivity contribution < 1.29 is 0 Å². The summed E-state index contributed by atoms with van der Waals surface area (Å²) < 4.78 is 0. The van der Waals surface area contributed by atoms with Crippen LogP contribution in [0.1, 0.15) is 20.3 Å². The zero-order valence-corrected chi connectivity index (χ0v) is 8.39. The maximum absolute atomic E-state index is 2.22. The third-order valence-electron chi connectivity index (χ3n) is 1.66. The lowest BCUT2D eigenvalue weighted by atomic mass is 10.3. The van der Waals surface area contributed by atoms with E-state index in [1.54, 1.807) is 0 Å². The van der Waals surface area contributed by atoms with E-state index in [4.69, 9.17) is 0 Å². The van der Waals surface area contributed by atoms with Gasteiger partial charge in [0.25, 0.3) is 0 Å². The van der Waals surface area contributed by atoms with Crippen molar-refractivity contribution in [1.29, 1.82) is 0 Å². The van der Waals surface area contributed by atoms with E-state index < -0.39 is 0 Å². The standard InChI is InChI=1S/C7H14N2.C2H6/c1-8(2)7-4-5-9(3)6-7;1-2/h6H,4-5H2,1-3H3;1-2H3. The van der Waals surface area contributed by atoms with E-state index >= 15 is 0 Å². The van der Waals surface area contributed by atoms with Crippen molar-refractivity contribution in [3.05, 3.63) is 11.9 Å². The lowest BCUT2D eigenvalue weighted by Crippen LogP contribution is -2.08. The zero-order chi connectivity index (χ0) is 8.85. The van der Waals surface area contributed by atoms with Crippen LogP contribution in [-0.2, 0) is 0 Å². The van der Waals surface area contributed by atoms with Gasteiger partial charge in [0.1, 0.15) is 0 Å². The average molecular weight is 156 g/mol. The Hall–Kier alpha value is -0.660. The van der Waals surface area contributed by atoms with E-state index in [1.807, 2.05) is 13.8 Å². The molecule has 0 atom stereocenters.